The van der Waals surface area contributed by atoms with Gasteiger partial charge < -0.3 is 10.1 Å². The van der Waals surface area contributed by atoms with E-state index in [1.165, 1.54) is 0 Å². The van der Waals surface area contributed by atoms with Crippen molar-refractivity contribution in [1.29, 1.82) is 0 Å². The number of nitrogens with zero attached hydrogens (tertiary/aromatic N) is 5. The number of benzene rings is 1. The number of nitrogens with one attached hydrogen (secondary N) is 1. The maximum absolute atomic E-state index is 12.9. The molecule has 1 saturated heterocycles. The first-order valence-corrected chi connectivity index (χ1v) is 11.0. The number of amides is 1. The normalized spacial score (nSPS) is 22.5. The molecule has 162 valence electrons. The molecule has 0 spiro atoms. The first-order chi connectivity index (χ1) is 15.2. The topological polar surface area (TPSA) is 85.2 Å². The quantitative estimate of drug-likeness (QED) is 0.699. The van der Waals surface area contributed by atoms with Crippen molar-refractivity contribution in [2.45, 2.75) is 31.7 Å². The van der Waals surface area contributed by atoms with Gasteiger partial charge >= 0.3 is 0 Å². The maximum atomic E-state index is 12.9. The number of anilines is 1. The van der Waals surface area contributed by atoms with E-state index in [0.717, 1.165) is 74.0 Å². The lowest BCUT2D eigenvalue weighted by Gasteiger charge is -2.38. The van der Waals surface area contributed by atoms with E-state index in [9.17, 15) is 4.79 Å². The lowest BCUT2D eigenvalue weighted by atomic mass is 9.84. The Bertz CT molecular complexity index is 1070. The third-order valence-corrected chi connectivity index (χ3v) is 6.50. The van der Waals surface area contributed by atoms with Crippen LogP contribution in [0.2, 0.25) is 0 Å². The molecule has 0 radical (unpaired) electrons. The largest absolute Gasteiger partial charge is 0.379 e. The third-order valence-electron chi connectivity index (χ3n) is 6.50. The Labute approximate surface area is 181 Å². The average molecular weight is 421 g/mol. The Morgan fingerprint density at radius 3 is 2.65 bits per heavy atom. The first-order valence-electron chi connectivity index (χ1n) is 11.0. The number of fused-ring (bicyclic) bond motifs is 1. The van der Waals surface area contributed by atoms with E-state index in [4.69, 9.17) is 4.74 Å². The first kappa shape index (κ1) is 20.1. The van der Waals surface area contributed by atoms with Crippen LogP contribution in [-0.2, 0) is 16.6 Å². The second kappa shape index (κ2) is 8.72. The van der Waals surface area contributed by atoms with Gasteiger partial charge in [0.1, 0.15) is 11.5 Å². The van der Waals surface area contributed by atoms with E-state index in [2.05, 4.69) is 31.6 Å². The molecule has 8 heteroatoms. The van der Waals surface area contributed by atoms with Crippen LogP contribution in [0.15, 0.2) is 36.7 Å². The molecule has 1 saturated carbocycles. The van der Waals surface area contributed by atoms with Gasteiger partial charge in [-0.25, -0.2) is 4.98 Å². The van der Waals surface area contributed by atoms with Gasteiger partial charge in [0.15, 0.2) is 0 Å². The van der Waals surface area contributed by atoms with Crippen molar-refractivity contribution in [3.8, 4) is 11.3 Å². The van der Waals surface area contributed by atoms with Gasteiger partial charge in [0.2, 0.25) is 5.91 Å². The molecule has 3 heterocycles. The van der Waals surface area contributed by atoms with E-state index in [0.29, 0.717) is 11.9 Å². The number of hydrogen-bond acceptors (Lipinski definition) is 6. The predicted octanol–water partition coefficient (Wildman–Crippen LogP) is 2.86. The van der Waals surface area contributed by atoms with Gasteiger partial charge in [0.25, 0.3) is 0 Å². The summed E-state index contributed by atoms with van der Waals surface area (Å²) in [4.78, 5) is 19.8. The summed E-state index contributed by atoms with van der Waals surface area (Å²) >= 11 is 0. The minimum atomic E-state index is 0.0562. The number of aromatic nitrogens is 4. The predicted molar refractivity (Wildman–Crippen MR) is 119 cm³/mol. The fourth-order valence-electron chi connectivity index (χ4n) is 4.72. The Hall–Kier alpha value is -2.84. The number of hydrogen-bond donors (Lipinski definition) is 1. The molecular weight excluding hydrogens is 392 g/mol. The third kappa shape index (κ3) is 4.45. The summed E-state index contributed by atoms with van der Waals surface area (Å²) in [7, 11) is 1.85. The van der Waals surface area contributed by atoms with Crippen molar-refractivity contribution in [1.82, 2.24) is 24.9 Å². The van der Waals surface area contributed by atoms with Crippen LogP contribution in [0.4, 0.5) is 5.82 Å². The fourth-order valence-corrected chi connectivity index (χ4v) is 4.72. The highest BCUT2D eigenvalue weighted by atomic mass is 16.5. The molecule has 2 aromatic heterocycles. The van der Waals surface area contributed by atoms with Crippen LogP contribution in [0.3, 0.4) is 0 Å². The van der Waals surface area contributed by atoms with Gasteiger partial charge in [-0.1, -0.05) is 17.3 Å². The van der Waals surface area contributed by atoms with Crippen molar-refractivity contribution in [2.24, 2.45) is 13.0 Å². The van der Waals surface area contributed by atoms with E-state index < -0.39 is 0 Å². The van der Waals surface area contributed by atoms with Gasteiger partial charge in [-0.15, -0.1) is 5.10 Å². The Balaban J connectivity index is 1.24. The van der Waals surface area contributed by atoms with Gasteiger partial charge in [-0.3, -0.25) is 14.4 Å². The number of morpholine rings is 1. The molecule has 2 fully saturated rings. The summed E-state index contributed by atoms with van der Waals surface area (Å²) in [5, 5.41) is 13.3. The van der Waals surface area contributed by atoms with E-state index in [1.807, 2.05) is 31.4 Å². The zero-order chi connectivity index (χ0) is 21.2. The molecule has 1 N–H and O–H groups in total. The van der Waals surface area contributed by atoms with Crippen molar-refractivity contribution in [3.05, 3.63) is 36.7 Å². The molecule has 1 aromatic carbocycles. The molecule has 0 atom stereocenters. The monoisotopic (exact) mass is 420 g/mol. The summed E-state index contributed by atoms with van der Waals surface area (Å²) in [5.74, 6) is 0.738. The average Bonchev–Trinajstić information content (AvgIpc) is 3.25. The Morgan fingerprint density at radius 2 is 1.90 bits per heavy atom. The van der Waals surface area contributed by atoms with Crippen molar-refractivity contribution < 1.29 is 9.53 Å². The molecule has 1 aliphatic heterocycles. The minimum absolute atomic E-state index is 0.0562. The van der Waals surface area contributed by atoms with Crippen LogP contribution in [0, 0.1) is 5.92 Å². The molecule has 0 bridgehead atoms. The maximum Gasteiger partial charge on any atom is 0.228 e. The highest BCUT2D eigenvalue weighted by Crippen LogP contribution is 2.29. The van der Waals surface area contributed by atoms with Crippen LogP contribution in [0.1, 0.15) is 25.7 Å². The molecule has 5 rings (SSSR count). The molecule has 1 amide bonds. The number of rotatable bonds is 4. The number of carbonyl (C=O) groups excluding carboxylic acids is 1. The van der Waals surface area contributed by atoms with Gasteiger partial charge in [0.05, 0.1) is 19.4 Å². The zero-order valence-electron chi connectivity index (χ0n) is 17.8. The summed E-state index contributed by atoms with van der Waals surface area (Å²) < 4.78 is 7.15. The van der Waals surface area contributed by atoms with Crippen LogP contribution in [0.25, 0.3) is 22.0 Å². The van der Waals surface area contributed by atoms with Crippen LogP contribution in [-0.4, -0.2) is 63.1 Å². The lowest BCUT2D eigenvalue weighted by Crippen LogP contribution is -2.45. The molecule has 3 aromatic rings. The van der Waals surface area contributed by atoms with E-state index in [-0.39, 0.29) is 11.8 Å². The minimum Gasteiger partial charge on any atom is -0.379 e. The molecule has 0 unspecified atom stereocenters. The van der Waals surface area contributed by atoms with Crippen molar-refractivity contribution in [2.75, 3.05) is 31.6 Å². The van der Waals surface area contributed by atoms with Gasteiger partial charge in [-0.2, -0.15) is 0 Å². The zero-order valence-corrected chi connectivity index (χ0v) is 17.8. The highest BCUT2D eigenvalue weighted by Gasteiger charge is 2.30. The molecule has 31 heavy (non-hydrogen) atoms. The number of carbonyl (C=O) groups is 1. The van der Waals surface area contributed by atoms with Crippen molar-refractivity contribution in [3.63, 3.8) is 0 Å². The number of ether oxygens (including phenoxy) is 1. The van der Waals surface area contributed by atoms with E-state index >= 15 is 0 Å². The summed E-state index contributed by atoms with van der Waals surface area (Å²) in [5.41, 5.74) is 1.81. The number of aryl methyl sites for hydroxylation is 1. The smallest absolute Gasteiger partial charge is 0.228 e. The fraction of sp³-hybridized carbons (Fsp3) is 0.478. The van der Waals surface area contributed by atoms with Crippen LogP contribution in [0.5, 0.6) is 0 Å². The Morgan fingerprint density at radius 1 is 1.10 bits per heavy atom. The highest BCUT2D eigenvalue weighted by molar-refractivity contribution is 5.95. The van der Waals surface area contributed by atoms with E-state index in [1.54, 1.807) is 10.9 Å². The summed E-state index contributed by atoms with van der Waals surface area (Å²) in [6, 6.07) is 8.62. The molecule has 8 nitrogen and oxygen atoms in total. The lowest BCUT2D eigenvalue weighted by molar-refractivity contribution is -0.121. The second-order valence-electron chi connectivity index (χ2n) is 8.55. The summed E-state index contributed by atoms with van der Waals surface area (Å²) in [6.07, 6.45) is 7.70. The van der Waals surface area contributed by atoms with Crippen molar-refractivity contribution >= 4 is 22.5 Å². The Kier molecular flexibility index (Phi) is 5.65. The summed E-state index contributed by atoms with van der Waals surface area (Å²) in [6.45, 7) is 3.68. The van der Waals surface area contributed by atoms with Gasteiger partial charge in [-0.05, 0) is 43.2 Å². The molecular formula is C23H28N6O2. The second-order valence-corrected chi connectivity index (χ2v) is 8.55. The van der Waals surface area contributed by atoms with Crippen LogP contribution < -0.4 is 5.32 Å². The SMILES string of the molecule is Cn1cc(-c2ccc3cnc(NC(=O)[C@H]4CC[C@H](N5CCOCC5)CC4)cc3c2)nn1. The standard InChI is InChI=1S/C23H28N6O2/c1-28-15-21(26-27-28)17-2-3-18-14-24-22(13-19(18)12-17)25-23(30)16-4-6-20(7-5-16)29-8-10-31-11-9-29/h2-3,12-16,20H,4-11H2,1H3,(H,24,25,30)/t16-,20-. The molecule has 1 aliphatic carbocycles. The number of pyridine rings is 1. The van der Waals surface area contributed by atoms with Gasteiger partial charge in [0, 0.05) is 49.2 Å². The molecule has 2 aliphatic rings. The van der Waals surface area contributed by atoms with Crippen LogP contribution >= 0.6 is 0 Å².